The van der Waals surface area contributed by atoms with Crippen LogP contribution in [-0.2, 0) is 16.2 Å². The maximum Gasteiger partial charge on any atom is 0.416 e. The highest BCUT2D eigenvalue weighted by Crippen LogP contribution is 2.31. The van der Waals surface area contributed by atoms with Crippen molar-refractivity contribution in [2.24, 2.45) is 5.92 Å². The van der Waals surface area contributed by atoms with E-state index in [-0.39, 0.29) is 4.90 Å². The maximum atomic E-state index is 13.5. The molecule has 2 aromatic carbocycles. The third-order valence-corrected chi connectivity index (χ3v) is 9.26. The molecule has 198 valence electrons. The number of nitrogens with zero attached hydrogens (tertiary/aromatic N) is 3. The molecule has 36 heavy (non-hydrogen) atoms. The smallest absolute Gasteiger partial charge is 0.369 e. The quantitative estimate of drug-likeness (QED) is 0.436. The highest BCUT2D eigenvalue weighted by Gasteiger charge is 2.32. The third-order valence-electron chi connectivity index (χ3n) is 7.38. The second-order valence-electron chi connectivity index (χ2n) is 9.91. The minimum absolute atomic E-state index is 0.0669. The van der Waals surface area contributed by atoms with E-state index < -0.39 is 21.8 Å². The molecule has 0 N–H and O–H groups in total. The lowest BCUT2D eigenvalue weighted by Gasteiger charge is -2.36. The van der Waals surface area contributed by atoms with Gasteiger partial charge in [-0.2, -0.15) is 17.5 Å². The van der Waals surface area contributed by atoms with Crippen LogP contribution >= 0.6 is 0 Å². The number of anilines is 1. The van der Waals surface area contributed by atoms with Crippen LogP contribution in [0.15, 0.2) is 59.5 Å². The number of rotatable bonds is 9. The first-order valence-electron chi connectivity index (χ1n) is 12.9. The highest BCUT2D eigenvalue weighted by molar-refractivity contribution is 7.89. The van der Waals surface area contributed by atoms with Crippen molar-refractivity contribution in [3.8, 4) is 0 Å². The Morgan fingerprint density at radius 3 is 2.11 bits per heavy atom. The monoisotopic (exact) mass is 523 g/mol. The van der Waals surface area contributed by atoms with Gasteiger partial charge < -0.3 is 4.90 Å². The zero-order valence-electron chi connectivity index (χ0n) is 20.7. The summed E-state index contributed by atoms with van der Waals surface area (Å²) >= 11 is 0. The van der Waals surface area contributed by atoms with Crippen LogP contribution in [0.25, 0.3) is 0 Å². The Kier molecular flexibility index (Phi) is 8.96. The van der Waals surface area contributed by atoms with E-state index in [9.17, 15) is 21.6 Å². The molecular weight excluding hydrogens is 487 g/mol. The molecule has 0 unspecified atom stereocenters. The van der Waals surface area contributed by atoms with Gasteiger partial charge in [-0.25, -0.2) is 8.42 Å². The van der Waals surface area contributed by atoms with Crippen LogP contribution in [0, 0.1) is 5.92 Å². The molecule has 0 amide bonds. The van der Waals surface area contributed by atoms with Crippen molar-refractivity contribution in [1.29, 1.82) is 0 Å². The van der Waals surface area contributed by atoms with Gasteiger partial charge in [-0.15, -0.1) is 0 Å². The van der Waals surface area contributed by atoms with Crippen LogP contribution in [0.5, 0.6) is 0 Å². The fourth-order valence-corrected chi connectivity index (χ4v) is 6.83. The topological polar surface area (TPSA) is 43.9 Å². The van der Waals surface area contributed by atoms with Crippen molar-refractivity contribution in [3.63, 3.8) is 0 Å². The van der Waals surface area contributed by atoms with Gasteiger partial charge in [0.05, 0.1) is 10.5 Å². The Hall–Kier alpha value is -2.10. The number of hydrogen-bond donors (Lipinski definition) is 0. The number of hydrogen-bond acceptors (Lipinski definition) is 4. The lowest BCUT2D eigenvalue weighted by molar-refractivity contribution is -0.137. The van der Waals surface area contributed by atoms with E-state index in [0.717, 1.165) is 82.7 Å². The standard InChI is InChI=1S/C27H36F3N3O2S/c28-27(29,30)24-12-14-26(15-13-24)36(34,35)33(22-23-8-3-1-4-9-23)17-7-16-31-18-20-32(21-19-31)25-10-5-2-6-11-25/h2,5-6,10-15,23H,1,3-4,7-9,16-22H2. The molecule has 1 aliphatic carbocycles. The van der Waals surface area contributed by atoms with E-state index in [1.807, 2.05) is 18.2 Å². The Labute approximate surface area is 212 Å². The minimum Gasteiger partial charge on any atom is -0.369 e. The molecule has 0 atom stereocenters. The molecule has 0 bridgehead atoms. The molecule has 5 nitrogen and oxygen atoms in total. The third kappa shape index (κ3) is 7.01. The van der Waals surface area contributed by atoms with Crippen molar-refractivity contribution in [3.05, 3.63) is 60.2 Å². The van der Waals surface area contributed by atoms with Gasteiger partial charge in [0, 0.05) is 45.0 Å². The highest BCUT2D eigenvalue weighted by atomic mass is 32.2. The van der Waals surface area contributed by atoms with Gasteiger partial charge in [0.1, 0.15) is 0 Å². The first-order chi connectivity index (χ1) is 17.2. The molecule has 0 spiro atoms. The summed E-state index contributed by atoms with van der Waals surface area (Å²) in [6.07, 6.45) is 1.58. The Morgan fingerprint density at radius 2 is 1.50 bits per heavy atom. The summed E-state index contributed by atoms with van der Waals surface area (Å²) in [5, 5.41) is 0. The van der Waals surface area contributed by atoms with E-state index in [1.165, 1.54) is 16.4 Å². The summed E-state index contributed by atoms with van der Waals surface area (Å²) in [7, 11) is -3.87. The summed E-state index contributed by atoms with van der Waals surface area (Å²) in [5.74, 6) is 0.303. The van der Waals surface area contributed by atoms with Crippen LogP contribution in [0.2, 0.25) is 0 Å². The number of para-hydroxylation sites is 1. The SMILES string of the molecule is O=S(=O)(c1ccc(C(F)(F)F)cc1)N(CCCN1CCN(c2ccccc2)CC1)CC1CCCCC1. The molecule has 1 heterocycles. The molecule has 2 aromatic rings. The van der Waals surface area contributed by atoms with Gasteiger partial charge in [-0.1, -0.05) is 37.5 Å². The number of alkyl halides is 3. The molecule has 2 fully saturated rings. The molecule has 0 radical (unpaired) electrons. The van der Waals surface area contributed by atoms with E-state index in [4.69, 9.17) is 0 Å². The van der Waals surface area contributed by atoms with Crippen LogP contribution in [0.1, 0.15) is 44.1 Å². The van der Waals surface area contributed by atoms with Gasteiger partial charge in [0.25, 0.3) is 0 Å². The molecule has 2 aliphatic rings. The van der Waals surface area contributed by atoms with E-state index in [0.29, 0.717) is 25.4 Å². The predicted octanol–water partition coefficient (Wildman–Crippen LogP) is 5.49. The fraction of sp³-hybridized carbons (Fsp3) is 0.556. The largest absolute Gasteiger partial charge is 0.416 e. The molecule has 1 aliphatic heterocycles. The normalized spacial score (nSPS) is 18.6. The molecular formula is C27H36F3N3O2S. The predicted molar refractivity (Wildman–Crippen MR) is 136 cm³/mol. The number of halogens is 3. The van der Waals surface area contributed by atoms with E-state index in [1.54, 1.807) is 0 Å². The summed E-state index contributed by atoms with van der Waals surface area (Å²) in [6, 6.07) is 14.2. The van der Waals surface area contributed by atoms with Gasteiger partial charge in [-0.3, -0.25) is 4.90 Å². The van der Waals surface area contributed by atoms with E-state index in [2.05, 4.69) is 21.9 Å². The summed E-state index contributed by atoms with van der Waals surface area (Å²) in [5.41, 5.74) is 0.383. The number of benzene rings is 2. The van der Waals surface area contributed by atoms with Crippen molar-refractivity contribution in [1.82, 2.24) is 9.21 Å². The average Bonchev–Trinajstić information content (AvgIpc) is 2.89. The zero-order valence-corrected chi connectivity index (χ0v) is 21.5. The summed E-state index contributed by atoms with van der Waals surface area (Å²) in [6.45, 7) is 5.31. The second kappa shape index (κ2) is 12.0. The van der Waals surface area contributed by atoms with Crippen molar-refractivity contribution >= 4 is 15.7 Å². The van der Waals surface area contributed by atoms with Crippen LogP contribution in [-0.4, -0.2) is 63.4 Å². The number of piperazine rings is 1. The van der Waals surface area contributed by atoms with Crippen molar-refractivity contribution in [2.75, 3.05) is 50.7 Å². The lowest BCUT2D eigenvalue weighted by atomic mass is 9.89. The van der Waals surface area contributed by atoms with E-state index >= 15 is 0 Å². The molecule has 1 saturated heterocycles. The van der Waals surface area contributed by atoms with Crippen LogP contribution < -0.4 is 4.90 Å². The van der Waals surface area contributed by atoms with Gasteiger partial charge in [0.15, 0.2) is 0 Å². The Bertz CT molecular complexity index is 1050. The van der Waals surface area contributed by atoms with Crippen molar-refractivity contribution in [2.45, 2.75) is 49.6 Å². The van der Waals surface area contributed by atoms with Gasteiger partial charge in [-0.05, 0) is 68.1 Å². The lowest BCUT2D eigenvalue weighted by Crippen LogP contribution is -2.47. The summed E-state index contributed by atoms with van der Waals surface area (Å²) < 4.78 is 67.4. The molecule has 1 saturated carbocycles. The average molecular weight is 524 g/mol. The number of sulfonamides is 1. The first kappa shape index (κ1) is 26.9. The Balaban J connectivity index is 1.37. The molecule has 0 aromatic heterocycles. The second-order valence-corrected chi connectivity index (χ2v) is 11.8. The van der Waals surface area contributed by atoms with Crippen LogP contribution in [0.4, 0.5) is 18.9 Å². The van der Waals surface area contributed by atoms with Crippen LogP contribution in [0.3, 0.4) is 0 Å². The maximum absolute atomic E-state index is 13.5. The minimum atomic E-state index is -4.49. The fourth-order valence-electron chi connectivity index (χ4n) is 5.27. The van der Waals surface area contributed by atoms with Gasteiger partial charge in [0.2, 0.25) is 10.0 Å². The molecule has 4 rings (SSSR count). The zero-order chi connectivity index (χ0) is 25.6. The molecule has 9 heteroatoms. The first-order valence-corrected chi connectivity index (χ1v) is 14.4. The summed E-state index contributed by atoms with van der Waals surface area (Å²) in [4.78, 5) is 4.66. The van der Waals surface area contributed by atoms with Gasteiger partial charge >= 0.3 is 6.18 Å². The Morgan fingerprint density at radius 1 is 0.861 bits per heavy atom. The van der Waals surface area contributed by atoms with Crippen molar-refractivity contribution < 1.29 is 21.6 Å².